The SMILES string of the molecule is O=C(CCc1ccco1)N1CC[C@@](O)(C(F)(F)F)C1. The van der Waals surface area contributed by atoms with Gasteiger partial charge >= 0.3 is 6.18 Å². The average molecular weight is 277 g/mol. The molecule has 1 aromatic heterocycles. The Morgan fingerprint density at radius 2 is 2.26 bits per heavy atom. The number of amides is 1. The number of rotatable bonds is 3. The van der Waals surface area contributed by atoms with E-state index < -0.39 is 30.7 Å². The van der Waals surface area contributed by atoms with Gasteiger partial charge in [-0.3, -0.25) is 4.79 Å². The third-order valence-corrected chi connectivity index (χ3v) is 3.29. The standard InChI is InChI=1S/C12H14F3NO3/c13-12(14,15)11(18)5-6-16(8-11)10(17)4-3-9-2-1-7-19-9/h1-2,7,18H,3-6,8H2/t11-/m0/s1. The number of hydrogen-bond acceptors (Lipinski definition) is 3. The molecule has 0 radical (unpaired) electrons. The predicted octanol–water partition coefficient (Wildman–Crippen LogP) is 1.74. The van der Waals surface area contributed by atoms with Crippen LogP contribution in [-0.4, -0.2) is 40.8 Å². The van der Waals surface area contributed by atoms with Gasteiger partial charge in [0.05, 0.1) is 12.8 Å². The number of likely N-dealkylation sites (tertiary alicyclic amines) is 1. The third-order valence-electron chi connectivity index (χ3n) is 3.29. The van der Waals surface area contributed by atoms with Gasteiger partial charge in [0, 0.05) is 25.8 Å². The molecule has 106 valence electrons. The fourth-order valence-corrected chi connectivity index (χ4v) is 2.08. The smallest absolute Gasteiger partial charge is 0.419 e. The quantitative estimate of drug-likeness (QED) is 0.915. The van der Waals surface area contributed by atoms with E-state index in [1.165, 1.54) is 6.26 Å². The zero-order valence-electron chi connectivity index (χ0n) is 10.1. The number of halogens is 3. The summed E-state index contributed by atoms with van der Waals surface area (Å²) in [5.74, 6) is 0.204. The number of furan rings is 1. The summed E-state index contributed by atoms with van der Waals surface area (Å²) in [5.41, 5.74) is -2.77. The molecule has 1 aromatic rings. The summed E-state index contributed by atoms with van der Waals surface area (Å²) in [5, 5.41) is 9.46. The molecular weight excluding hydrogens is 263 g/mol. The Labute approximate surface area is 107 Å². The first kappa shape index (κ1) is 13.9. The molecule has 1 atom stereocenters. The van der Waals surface area contributed by atoms with Crippen molar-refractivity contribution in [2.24, 2.45) is 0 Å². The molecule has 1 fully saturated rings. The molecule has 2 heterocycles. The van der Waals surface area contributed by atoms with E-state index in [1.807, 2.05) is 0 Å². The van der Waals surface area contributed by atoms with Crippen LogP contribution in [0.1, 0.15) is 18.6 Å². The van der Waals surface area contributed by atoms with Crippen molar-refractivity contribution in [2.45, 2.75) is 31.0 Å². The lowest BCUT2D eigenvalue weighted by molar-refractivity contribution is -0.253. The fraction of sp³-hybridized carbons (Fsp3) is 0.583. The summed E-state index contributed by atoms with van der Waals surface area (Å²) in [7, 11) is 0. The number of carbonyl (C=O) groups excluding carboxylic acids is 1. The van der Waals surface area contributed by atoms with Crippen molar-refractivity contribution < 1.29 is 27.5 Å². The highest BCUT2D eigenvalue weighted by Gasteiger charge is 2.57. The molecule has 1 aliphatic rings. The second kappa shape index (κ2) is 4.88. The Balaban J connectivity index is 1.88. The third kappa shape index (κ3) is 2.91. The van der Waals surface area contributed by atoms with E-state index in [9.17, 15) is 23.1 Å². The normalized spacial score (nSPS) is 23.9. The lowest BCUT2D eigenvalue weighted by Gasteiger charge is -2.25. The number of carbonyl (C=O) groups is 1. The number of hydrogen-bond donors (Lipinski definition) is 1. The predicted molar refractivity (Wildman–Crippen MR) is 59.2 cm³/mol. The molecule has 7 heteroatoms. The van der Waals surface area contributed by atoms with Crippen molar-refractivity contribution in [3.8, 4) is 0 Å². The molecule has 1 amide bonds. The number of alkyl halides is 3. The number of β-amino-alcohol motifs (C(OH)–C–C–N with tert-alkyl or cyclic N) is 1. The first-order valence-electron chi connectivity index (χ1n) is 5.91. The van der Waals surface area contributed by atoms with Crippen LogP contribution in [0.15, 0.2) is 22.8 Å². The van der Waals surface area contributed by atoms with E-state index >= 15 is 0 Å². The van der Waals surface area contributed by atoms with Gasteiger partial charge in [0.25, 0.3) is 0 Å². The van der Waals surface area contributed by atoms with Gasteiger partial charge in [-0.25, -0.2) is 0 Å². The molecule has 19 heavy (non-hydrogen) atoms. The molecule has 1 N–H and O–H groups in total. The Morgan fingerprint density at radius 1 is 1.53 bits per heavy atom. The minimum Gasteiger partial charge on any atom is -0.469 e. The molecule has 1 saturated heterocycles. The summed E-state index contributed by atoms with van der Waals surface area (Å²) < 4.78 is 42.8. The summed E-state index contributed by atoms with van der Waals surface area (Å²) >= 11 is 0. The molecule has 1 aliphatic heterocycles. The van der Waals surface area contributed by atoms with Crippen molar-refractivity contribution in [2.75, 3.05) is 13.1 Å². The molecule has 0 saturated carbocycles. The van der Waals surface area contributed by atoms with Crippen molar-refractivity contribution in [3.63, 3.8) is 0 Å². The van der Waals surface area contributed by atoms with Crippen LogP contribution >= 0.6 is 0 Å². The van der Waals surface area contributed by atoms with E-state index in [0.717, 1.165) is 4.90 Å². The van der Waals surface area contributed by atoms with Crippen molar-refractivity contribution >= 4 is 5.91 Å². The van der Waals surface area contributed by atoms with Crippen LogP contribution in [0.25, 0.3) is 0 Å². The molecular formula is C12H14F3NO3. The summed E-state index contributed by atoms with van der Waals surface area (Å²) in [6, 6.07) is 3.38. The summed E-state index contributed by atoms with van der Waals surface area (Å²) in [6.07, 6.45) is -3.29. The van der Waals surface area contributed by atoms with Gasteiger partial charge in [0.15, 0.2) is 5.60 Å². The number of aliphatic hydroxyl groups is 1. The first-order chi connectivity index (χ1) is 8.82. The Bertz CT molecular complexity index is 444. The highest BCUT2D eigenvalue weighted by atomic mass is 19.4. The van der Waals surface area contributed by atoms with Gasteiger partial charge in [0.2, 0.25) is 5.91 Å². The largest absolute Gasteiger partial charge is 0.469 e. The molecule has 0 aromatic carbocycles. The number of nitrogens with zero attached hydrogens (tertiary/aromatic N) is 1. The molecule has 4 nitrogen and oxygen atoms in total. The van der Waals surface area contributed by atoms with E-state index in [1.54, 1.807) is 12.1 Å². The number of aryl methyl sites for hydroxylation is 1. The van der Waals surface area contributed by atoms with Gasteiger partial charge in [0.1, 0.15) is 5.76 Å². The van der Waals surface area contributed by atoms with Crippen LogP contribution in [0, 0.1) is 0 Å². The highest BCUT2D eigenvalue weighted by molar-refractivity contribution is 5.76. The van der Waals surface area contributed by atoms with Crippen molar-refractivity contribution in [3.05, 3.63) is 24.2 Å². The highest BCUT2D eigenvalue weighted by Crippen LogP contribution is 2.37. The van der Waals surface area contributed by atoms with Gasteiger partial charge in [-0.05, 0) is 12.1 Å². The van der Waals surface area contributed by atoms with Crippen LogP contribution in [0.3, 0.4) is 0 Å². The van der Waals surface area contributed by atoms with Crippen LogP contribution in [0.5, 0.6) is 0 Å². The molecule has 0 spiro atoms. The van der Waals surface area contributed by atoms with Gasteiger partial charge in [-0.1, -0.05) is 0 Å². The minimum atomic E-state index is -4.71. The fourth-order valence-electron chi connectivity index (χ4n) is 2.08. The molecule has 0 unspecified atom stereocenters. The van der Waals surface area contributed by atoms with E-state index in [0.29, 0.717) is 12.2 Å². The van der Waals surface area contributed by atoms with E-state index in [-0.39, 0.29) is 13.0 Å². The zero-order valence-corrected chi connectivity index (χ0v) is 10.1. The molecule has 0 bridgehead atoms. The van der Waals surface area contributed by atoms with Crippen LogP contribution < -0.4 is 0 Å². The summed E-state index contributed by atoms with van der Waals surface area (Å²) in [6.45, 7) is -0.763. The lowest BCUT2D eigenvalue weighted by Crippen LogP contribution is -2.48. The van der Waals surface area contributed by atoms with Gasteiger partial charge in [-0.2, -0.15) is 13.2 Å². The van der Waals surface area contributed by atoms with Crippen LogP contribution in [0.2, 0.25) is 0 Å². The Kier molecular flexibility index (Phi) is 3.58. The maximum atomic E-state index is 12.6. The maximum Gasteiger partial charge on any atom is 0.419 e. The first-order valence-corrected chi connectivity index (χ1v) is 5.91. The Hall–Kier alpha value is -1.50. The van der Waals surface area contributed by atoms with Gasteiger partial charge < -0.3 is 14.4 Å². The molecule has 2 rings (SSSR count). The maximum absolute atomic E-state index is 12.6. The average Bonchev–Trinajstić information content (AvgIpc) is 2.94. The minimum absolute atomic E-state index is 0.0709. The van der Waals surface area contributed by atoms with Crippen LogP contribution in [-0.2, 0) is 11.2 Å². The zero-order chi connectivity index (χ0) is 14.1. The van der Waals surface area contributed by atoms with Crippen molar-refractivity contribution in [1.29, 1.82) is 0 Å². The Morgan fingerprint density at radius 3 is 2.79 bits per heavy atom. The lowest BCUT2D eigenvalue weighted by atomic mass is 10.0. The second-order valence-electron chi connectivity index (χ2n) is 4.67. The van der Waals surface area contributed by atoms with Crippen molar-refractivity contribution in [1.82, 2.24) is 4.90 Å². The molecule has 0 aliphatic carbocycles. The van der Waals surface area contributed by atoms with Crippen LogP contribution in [0.4, 0.5) is 13.2 Å². The van der Waals surface area contributed by atoms with Gasteiger partial charge in [-0.15, -0.1) is 0 Å². The topological polar surface area (TPSA) is 53.7 Å². The monoisotopic (exact) mass is 277 g/mol. The summed E-state index contributed by atoms with van der Waals surface area (Å²) in [4.78, 5) is 12.8. The second-order valence-corrected chi connectivity index (χ2v) is 4.67. The van der Waals surface area contributed by atoms with E-state index in [4.69, 9.17) is 4.42 Å². The van der Waals surface area contributed by atoms with E-state index in [2.05, 4.69) is 0 Å².